The molecule has 0 aliphatic carbocycles. The lowest BCUT2D eigenvalue weighted by Crippen LogP contribution is -2.25. The van der Waals surface area contributed by atoms with E-state index in [1.165, 1.54) is 12.1 Å². The van der Waals surface area contributed by atoms with Gasteiger partial charge in [0, 0.05) is 0 Å². The summed E-state index contributed by atoms with van der Waals surface area (Å²) in [4.78, 5) is 13.0. The molecule has 1 aromatic carbocycles. The highest BCUT2D eigenvalue weighted by molar-refractivity contribution is 5.97. The minimum absolute atomic E-state index is 0.0550. The van der Waals surface area contributed by atoms with Crippen LogP contribution in [0.4, 0.5) is 4.39 Å². The lowest BCUT2D eigenvalue weighted by Gasteiger charge is -2.13. The molecule has 2 heterocycles. The molecule has 142 valence electrons. The van der Waals surface area contributed by atoms with Crippen molar-refractivity contribution in [3.05, 3.63) is 71.2 Å². The zero-order valence-electron chi connectivity index (χ0n) is 16.0. The van der Waals surface area contributed by atoms with Crippen molar-refractivity contribution < 1.29 is 13.6 Å². The molecule has 6 heteroatoms. The maximum Gasteiger partial charge on any atom is 0.255 e. The molecule has 0 radical (unpaired) electrons. The summed E-state index contributed by atoms with van der Waals surface area (Å²) in [5, 5.41) is 7.63. The second kappa shape index (κ2) is 7.78. The third-order valence-electron chi connectivity index (χ3n) is 4.34. The third kappa shape index (κ3) is 3.94. The molecule has 0 spiro atoms. The number of carbonyl (C=O) groups excluding carboxylic acids is 1. The van der Waals surface area contributed by atoms with Gasteiger partial charge in [-0.1, -0.05) is 27.7 Å². The summed E-state index contributed by atoms with van der Waals surface area (Å²) < 4.78 is 20.4. The van der Waals surface area contributed by atoms with Crippen LogP contribution in [0, 0.1) is 5.82 Å². The van der Waals surface area contributed by atoms with Gasteiger partial charge in [-0.2, -0.15) is 5.10 Å². The number of benzene rings is 1. The molecule has 0 aliphatic heterocycles. The first-order valence-corrected chi connectivity index (χ1v) is 9.07. The van der Waals surface area contributed by atoms with Crippen LogP contribution in [0.1, 0.15) is 67.0 Å². The predicted octanol–water partition coefficient (Wildman–Crippen LogP) is 4.78. The van der Waals surface area contributed by atoms with E-state index in [0.29, 0.717) is 17.9 Å². The Balaban J connectivity index is 2.04. The molecule has 3 aromatic rings. The Kier molecular flexibility index (Phi) is 5.44. The Morgan fingerprint density at radius 3 is 2.41 bits per heavy atom. The second-order valence-electron chi connectivity index (χ2n) is 7.11. The smallest absolute Gasteiger partial charge is 0.255 e. The summed E-state index contributed by atoms with van der Waals surface area (Å²) in [6.07, 6.45) is 1.58. The van der Waals surface area contributed by atoms with Gasteiger partial charge in [0.2, 0.25) is 0 Å². The highest BCUT2D eigenvalue weighted by Gasteiger charge is 2.27. The first-order valence-electron chi connectivity index (χ1n) is 9.07. The number of hydrogen-bond acceptors (Lipinski definition) is 3. The molecular formula is C21H24FN3O2. The van der Waals surface area contributed by atoms with Crippen LogP contribution in [0.5, 0.6) is 0 Å². The van der Waals surface area contributed by atoms with Gasteiger partial charge in [0.15, 0.2) is 0 Å². The summed E-state index contributed by atoms with van der Waals surface area (Å²) >= 11 is 0. The van der Waals surface area contributed by atoms with Crippen molar-refractivity contribution in [3.8, 4) is 5.69 Å². The van der Waals surface area contributed by atoms with Crippen LogP contribution in [0.3, 0.4) is 0 Å². The molecular weight excluding hydrogens is 345 g/mol. The van der Waals surface area contributed by atoms with Crippen LogP contribution < -0.4 is 5.32 Å². The van der Waals surface area contributed by atoms with E-state index in [0.717, 1.165) is 17.1 Å². The van der Waals surface area contributed by atoms with Crippen molar-refractivity contribution in [2.24, 2.45) is 0 Å². The minimum atomic E-state index is -0.308. The molecule has 0 fully saturated rings. The van der Waals surface area contributed by atoms with Gasteiger partial charge < -0.3 is 9.73 Å². The third-order valence-corrected chi connectivity index (χ3v) is 4.34. The van der Waals surface area contributed by atoms with E-state index in [1.54, 1.807) is 29.1 Å². The maximum absolute atomic E-state index is 13.3. The number of furan rings is 1. The van der Waals surface area contributed by atoms with Gasteiger partial charge >= 0.3 is 0 Å². The van der Waals surface area contributed by atoms with Crippen LogP contribution in [-0.2, 0) is 6.54 Å². The first kappa shape index (κ1) is 18.9. The van der Waals surface area contributed by atoms with Crippen LogP contribution in [0.15, 0.2) is 47.1 Å². The van der Waals surface area contributed by atoms with Crippen molar-refractivity contribution in [2.75, 3.05) is 0 Å². The Morgan fingerprint density at radius 1 is 1.15 bits per heavy atom. The minimum Gasteiger partial charge on any atom is -0.467 e. The Bertz CT molecular complexity index is 910. The molecule has 27 heavy (non-hydrogen) atoms. The van der Waals surface area contributed by atoms with E-state index in [4.69, 9.17) is 9.52 Å². The van der Waals surface area contributed by atoms with Crippen molar-refractivity contribution in [1.82, 2.24) is 15.1 Å². The topological polar surface area (TPSA) is 60.1 Å². The Morgan fingerprint density at radius 2 is 1.85 bits per heavy atom. The zero-order valence-corrected chi connectivity index (χ0v) is 16.0. The number of aromatic nitrogens is 2. The van der Waals surface area contributed by atoms with Crippen molar-refractivity contribution in [3.63, 3.8) is 0 Å². The molecule has 1 amide bonds. The number of nitrogens with one attached hydrogen (secondary N) is 1. The fraction of sp³-hybridized carbons (Fsp3) is 0.333. The molecule has 5 nitrogen and oxygen atoms in total. The largest absolute Gasteiger partial charge is 0.467 e. The highest BCUT2D eigenvalue weighted by Crippen LogP contribution is 2.30. The van der Waals surface area contributed by atoms with Gasteiger partial charge in [0.1, 0.15) is 11.6 Å². The molecule has 1 N–H and O–H groups in total. The summed E-state index contributed by atoms with van der Waals surface area (Å²) in [6.45, 7) is 8.35. The maximum atomic E-state index is 13.3. The molecule has 0 saturated carbocycles. The first-order chi connectivity index (χ1) is 12.9. The molecule has 0 saturated heterocycles. The lowest BCUT2D eigenvalue weighted by molar-refractivity contribution is 0.0945. The Labute approximate surface area is 158 Å². The van der Waals surface area contributed by atoms with Crippen LogP contribution in [-0.4, -0.2) is 15.7 Å². The van der Waals surface area contributed by atoms with Gasteiger partial charge in [-0.05, 0) is 48.2 Å². The molecule has 0 aliphatic rings. The van der Waals surface area contributed by atoms with Crippen molar-refractivity contribution in [2.45, 2.75) is 46.1 Å². The van der Waals surface area contributed by atoms with Crippen LogP contribution in [0.25, 0.3) is 5.69 Å². The normalized spacial score (nSPS) is 11.4. The monoisotopic (exact) mass is 369 g/mol. The van der Waals surface area contributed by atoms with E-state index in [2.05, 4.69) is 5.32 Å². The summed E-state index contributed by atoms with van der Waals surface area (Å²) in [6, 6.07) is 9.73. The predicted molar refractivity (Wildman–Crippen MR) is 102 cm³/mol. The molecule has 0 atom stereocenters. The van der Waals surface area contributed by atoms with Gasteiger partial charge in [0.25, 0.3) is 5.91 Å². The van der Waals surface area contributed by atoms with Crippen molar-refractivity contribution >= 4 is 5.91 Å². The van der Waals surface area contributed by atoms with Gasteiger partial charge in [-0.3, -0.25) is 4.79 Å². The lowest BCUT2D eigenvalue weighted by atomic mass is 9.98. The molecule has 0 bridgehead atoms. The highest BCUT2D eigenvalue weighted by atomic mass is 19.1. The molecule has 2 aromatic heterocycles. The van der Waals surface area contributed by atoms with Gasteiger partial charge in [-0.25, -0.2) is 9.07 Å². The SMILES string of the molecule is CC(C)c1nn(-c2ccc(F)cc2)c(C(C)C)c1C(=O)NCc1ccco1. The quantitative estimate of drug-likeness (QED) is 0.680. The zero-order chi connectivity index (χ0) is 19.6. The van der Waals surface area contributed by atoms with Gasteiger partial charge in [-0.15, -0.1) is 0 Å². The second-order valence-corrected chi connectivity index (χ2v) is 7.11. The molecule has 3 rings (SSSR count). The van der Waals surface area contributed by atoms with E-state index >= 15 is 0 Å². The summed E-state index contributed by atoms with van der Waals surface area (Å²) in [5.41, 5.74) is 2.84. The van der Waals surface area contributed by atoms with Crippen LogP contribution >= 0.6 is 0 Å². The van der Waals surface area contributed by atoms with E-state index in [9.17, 15) is 9.18 Å². The molecule has 0 unspecified atom stereocenters. The summed E-state index contributed by atoms with van der Waals surface area (Å²) in [5.74, 6) is 0.309. The average molecular weight is 369 g/mol. The van der Waals surface area contributed by atoms with E-state index in [-0.39, 0.29) is 23.6 Å². The Hall–Kier alpha value is -2.89. The van der Waals surface area contributed by atoms with Crippen molar-refractivity contribution in [1.29, 1.82) is 0 Å². The van der Waals surface area contributed by atoms with E-state index in [1.807, 2.05) is 33.8 Å². The fourth-order valence-corrected chi connectivity index (χ4v) is 3.07. The number of amides is 1. The number of hydrogen-bond donors (Lipinski definition) is 1. The van der Waals surface area contributed by atoms with Crippen LogP contribution in [0.2, 0.25) is 0 Å². The number of halogens is 1. The average Bonchev–Trinajstić information content (AvgIpc) is 3.28. The standard InChI is InChI=1S/C21H24FN3O2/c1-13(2)19-18(21(26)23-12-17-6-5-11-27-17)20(14(3)4)25(24-19)16-9-7-15(22)8-10-16/h5-11,13-14H,12H2,1-4H3,(H,23,26). The number of carbonyl (C=O) groups is 1. The van der Waals surface area contributed by atoms with E-state index < -0.39 is 0 Å². The number of nitrogens with zero attached hydrogens (tertiary/aromatic N) is 2. The number of rotatable bonds is 6. The summed E-state index contributed by atoms with van der Waals surface area (Å²) in [7, 11) is 0. The van der Waals surface area contributed by atoms with Gasteiger partial charge in [0.05, 0.1) is 35.4 Å². The fourth-order valence-electron chi connectivity index (χ4n) is 3.07.